The van der Waals surface area contributed by atoms with Crippen molar-refractivity contribution in [1.29, 1.82) is 0 Å². The molecule has 1 saturated carbocycles. The number of hydrogen-bond acceptors (Lipinski definition) is 5. The van der Waals surface area contributed by atoms with E-state index in [1.165, 1.54) is 28.5 Å². The van der Waals surface area contributed by atoms with E-state index >= 15 is 0 Å². The second-order valence-electron chi connectivity index (χ2n) is 8.17. The zero-order chi connectivity index (χ0) is 20.9. The van der Waals surface area contributed by atoms with Crippen LogP contribution in [0, 0.1) is 5.92 Å². The minimum atomic E-state index is -0.500. The molecule has 1 aromatic carbocycles. The molecule has 1 aliphatic carbocycles. The van der Waals surface area contributed by atoms with Crippen LogP contribution in [0.2, 0.25) is 0 Å². The highest BCUT2D eigenvalue weighted by atomic mass is 32.1. The molecule has 0 spiro atoms. The average Bonchev–Trinajstić information content (AvgIpc) is 3.42. The van der Waals surface area contributed by atoms with E-state index < -0.39 is 6.29 Å². The monoisotopic (exact) mass is 429 g/mol. The Morgan fingerprint density at radius 2 is 2.10 bits per heavy atom. The number of hydrogen-bond donors (Lipinski definition) is 2. The van der Waals surface area contributed by atoms with Crippen molar-refractivity contribution in [3.63, 3.8) is 0 Å². The van der Waals surface area contributed by atoms with Crippen LogP contribution in [0.4, 0.5) is 0 Å². The Morgan fingerprint density at radius 1 is 1.30 bits per heavy atom. The summed E-state index contributed by atoms with van der Waals surface area (Å²) >= 11 is 1.72. The Bertz CT molecular complexity index is 886. The van der Waals surface area contributed by atoms with Crippen molar-refractivity contribution in [2.45, 2.75) is 63.7 Å². The summed E-state index contributed by atoms with van der Waals surface area (Å²) in [5, 5.41) is 16.0. The van der Waals surface area contributed by atoms with Crippen LogP contribution in [-0.4, -0.2) is 36.6 Å². The Labute approximate surface area is 182 Å². The van der Waals surface area contributed by atoms with E-state index in [0.717, 1.165) is 19.3 Å². The Kier molecular flexibility index (Phi) is 7.08. The van der Waals surface area contributed by atoms with E-state index in [0.29, 0.717) is 18.8 Å². The van der Waals surface area contributed by atoms with Crippen LogP contribution in [0.15, 0.2) is 41.5 Å². The van der Waals surface area contributed by atoms with Gasteiger partial charge in [-0.2, -0.15) is 0 Å². The summed E-state index contributed by atoms with van der Waals surface area (Å²) in [6, 6.07) is 8.61. The lowest BCUT2D eigenvalue weighted by Gasteiger charge is -2.37. The summed E-state index contributed by atoms with van der Waals surface area (Å²) < 4.78 is 13.3. The molecule has 4 rings (SSSR count). The van der Waals surface area contributed by atoms with Gasteiger partial charge in [-0.1, -0.05) is 31.0 Å². The minimum Gasteiger partial charge on any atom is -0.459 e. The first-order chi connectivity index (χ1) is 14.7. The van der Waals surface area contributed by atoms with Crippen molar-refractivity contribution in [1.82, 2.24) is 5.32 Å². The number of ether oxygens (including phenoxy) is 2. The van der Waals surface area contributed by atoms with Crippen LogP contribution in [-0.2, 0) is 14.3 Å². The molecule has 30 heavy (non-hydrogen) atoms. The van der Waals surface area contributed by atoms with Crippen LogP contribution in [0.5, 0.6) is 0 Å². The molecular weight excluding hydrogens is 398 g/mol. The number of amides is 1. The number of carbonyl (C=O) groups is 1. The number of aliphatic hydroxyl groups excluding tert-OH is 1. The number of allylic oxidation sites excluding steroid dienone is 1. The van der Waals surface area contributed by atoms with Crippen LogP contribution in [0.25, 0.3) is 10.1 Å². The van der Waals surface area contributed by atoms with Gasteiger partial charge in [0, 0.05) is 35.8 Å². The second kappa shape index (κ2) is 9.94. The molecule has 0 radical (unpaired) electrons. The fourth-order valence-electron chi connectivity index (χ4n) is 4.71. The fourth-order valence-corrected chi connectivity index (χ4v) is 5.71. The molecular formula is C24H31NO4S. The van der Waals surface area contributed by atoms with Gasteiger partial charge in [-0.15, -0.1) is 11.3 Å². The molecule has 162 valence electrons. The molecule has 2 N–H and O–H groups in total. The van der Waals surface area contributed by atoms with Crippen LogP contribution in [0.1, 0.15) is 56.9 Å². The molecule has 2 aromatic rings. The quantitative estimate of drug-likeness (QED) is 0.638. The molecule has 5 nitrogen and oxygen atoms in total. The maximum absolute atomic E-state index is 13.0. The maximum Gasteiger partial charge on any atom is 0.286 e. The number of thiophene rings is 1. The third-order valence-electron chi connectivity index (χ3n) is 6.20. The van der Waals surface area contributed by atoms with E-state index in [2.05, 4.69) is 35.0 Å². The van der Waals surface area contributed by atoms with Gasteiger partial charge in [0.05, 0.1) is 0 Å². The van der Waals surface area contributed by atoms with Crippen molar-refractivity contribution in [2.24, 2.45) is 5.92 Å². The highest BCUT2D eigenvalue weighted by Gasteiger charge is 2.39. The van der Waals surface area contributed by atoms with Gasteiger partial charge >= 0.3 is 0 Å². The molecule has 0 bridgehead atoms. The summed E-state index contributed by atoms with van der Waals surface area (Å²) in [7, 11) is 0. The second-order valence-corrected chi connectivity index (χ2v) is 9.08. The molecule has 1 amide bonds. The third kappa shape index (κ3) is 4.56. The normalized spacial score (nSPS) is 24.6. The largest absolute Gasteiger partial charge is 0.459 e. The van der Waals surface area contributed by atoms with Crippen molar-refractivity contribution < 1.29 is 19.4 Å². The van der Waals surface area contributed by atoms with Gasteiger partial charge < -0.3 is 19.9 Å². The van der Waals surface area contributed by atoms with E-state index in [4.69, 9.17) is 9.47 Å². The number of carbonyl (C=O) groups excluding carboxylic acids is 1. The molecule has 6 heteroatoms. The van der Waals surface area contributed by atoms with Crippen LogP contribution >= 0.6 is 11.3 Å². The first kappa shape index (κ1) is 21.3. The van der Waals surface area contributed by atoms with Crippen LogP contribution in [0.3, 0.4) is 0 Å². The first-order valence-corrected chi connectivity index (χ1v) is 12.0. The van der Waals surface area contributed by atoms with Crippen LogP contribution < -0.4 is 5.32 Å². The minimum absolute atomic E-state index is 0.00216. The van der Waals surface area contributed by atoms with E-state index in [-0.39, 0.29) is 30.4 Å². The summed E-state index contributed by atoms with van der Waals surface area (Å²) in [5.41, 5.74) is 1.21. The predicted octanol–water partition coefficient (Wildman–Crippen LogP) is 4.71. The van der Waals surface area contributed by atoms with Crippen molar-refractivity contribution in [2.75, 3.05) is 13.2 Å². The van der Waals surface area contributed by atoms with Gasteiger partial charge in [-0.25, -0.2) is 0 Å². The number of benzene rings is 1. The third-order valence-corrected chi connectivity index (χ3v) is 7.18. The summed E-state index contributed by atoms with van der Waals surface area (Å²) in [6.45, 7) is 2.58. The summed E-state index contributed by atoms with van der Waals surface area (Å²) in [6.07, 6.45) is 7.32. The van der Waals surface area contributed by atoms with Gasteiger partial charge in [0.2, 0.25) is 6.29 Å². The summed E-state index contributed by atoms with van der Waals surface area (Å²) in [5.74, 6) is 0.262. The topological polar surface area (TPSA) is 67.8 Å². The maximum atomic E-state index is 13.0. The molecule has 1 fully saturated rings. The van der Waals surface area contributed by atoms with Gasteiger partial charge in [0.25, 0.3) is 5.91 Å². The Hall–Kier alpha value is -1.89. The standard InChI is InChI=1S/C24H31NO4S/c1-2-28-24-18(11-7-13-26)19(20-15-30-22-12-6-5-10-17(20)22)14-21(29-24)23(27)25-16-8-3-4-9-16/h5-6,10,12,14-16,18-19,24,26H,2-4,7-9,11,13H2,1H3,(H,25,27)/t18-,19-,24+/m0/s1. The Balaban J connectivity index is 1.69. The predicted molar refractivity (Wildman–Crippen MR) is 119 cm³/mol. The van der Waals surface area contributed by atoms with Gasteiger partial charge in [-0.3, -0.25) is 4.79 Å². The van der Waals surface area contributed by atoms with Gasteiger partial charge in [0.15, 0.2) is 5.76 Å². The molecule has 1 aliphatic heterocycles. The lowest BCUT2D eigenvalue weighted by molar-refractivity contribution is -0.166. The lowest BCUT2D eigenvalue weighted by atomic mass is 9.80. The number of rotatable bonds is 8. The Morgan fingerprint density at radius 3 is 2.87 bits per heavy atom. The molecule has 2 aliphatic rings. The number of fused-ring (bicyclic) bond motifs is 1. The lowest BCUT2D eigenvalue weighted by Crippen LogP contribution is -2.41. The SMILES string of the molecule is CCO[C@@H]1OC(C(=O)NC2CCCC2)=C[C@H](c2csc3ccccc23)[C@@H]1CCCO. The fraction of sp³-hybridized carbons (Fsp3) is 0.542. The zero-order valence-corrected chi connectivity index (χ0v) is 18.3. The molecule has 0 unspecified atom stereocenters. The molecule has 2 heterocycles. The molecule has 0 saturated heterocycles. The smallest absolute Gasteiger partial charge is 0.286 e. The number of nitrogens with one attached hydrogen (secondary N) is 1. The van der Waals surface area contributed by atoms with Crippen molar-refractivity contribution in [3.05, 3.63) is 47.0 Å². The van der Waals surface area contributed by atoms with Crippen molar-refractivity contribution in [3.8, 4) is 0 Å². The first-order valence-electron chi connectivity index (χ1n) is 11.1. The van der Waals surface area contributed by atoms with E-state index in [1.807, 2.05) is 13.0 Å². The van der Waals surface area contributed by atoms with Gasteiger partial charge in [-0.05, 0) is 61.1 Å². The zero-order valence-electron chi connectivity index (χ0n) is 17.5. The highest BCUT2D eigenvalue weighted by molar-refractivity contribution is 7.17. The number of aliphatic hydroxyl groups is 1. The average molecular weight is 430 g/mol. The van der Waals surface area contributed by atoms with Crippen molar-refractivity contribution >= 4 is 27.3 Å². The van der Waals surface area contributed by atoms with Gasteiger partial charge in [0.1, 0.15) is 0 Å². The molecule has 1 aromatic heterocycles. The highest BCUT2D eigenvalue weighted by Crippen LogP contribution is 2.43. The molecule has 3 atom stereocenters. The van der Waals surface area contributed by atoms with E-state index in [1.54, 1.807) is 11.3 Å². The summed E-state index contributed by atoms with van der Waals surface area (Å²) in [4.78, 5) is 13.0. The van der Waals surface area contributed by atoms with E-state index in [9.17, 15) is 9.90 Å².